The molecule has 2 rings (SSSR count). The number of rotatable bonds is 6. The molecule has 1 N–H and O–H groups in total. The minimum absolute atomic E-state index is 0.0679. The number of nitrogens with one attached hydrogen (secondary N) is 1. The predicted molar refractivity (Wildman–Crippen MR) is 89.0 cm³/mol. The van der Waals surface area contributed by atoms with E-state index in [-0.39, 0.29) is 12.1 Å². The Kier molecular flexibility index (Phi) is 5.43. The largest absolute Gasteiger partial charge is 0.305 e. The molecule has 2 aromatic rings. The Labute approximate surface area is 132 Å². The normalized spacial score (nSPS) is 12.9. The van der Waals surface area contributed by atoms with Gasteiger partial charge in [0.1, 0.15) is 0 Å². The highest BCUT2D eigenvalue weighted by molar-refractivity contribution is 6.31. The molecule has 0 saturated heterocycles. The van der Waals surface area contributed by atoms with Crippen LogP contribution in [0.15, 0.2) is 30.5 Å². The summed E-state index contributed by atoms with van der Waals surface area (Å²) < 4.78 is 2.00. The number of halogens is 1. The van der Waals surface area contributed by atoms with Crippen molar-refractivity contribution in [3.05, 3.63) is 52.3 Å². The minimum atomic E-state index is 0.0679. The molecule has 0 aliphatic rings. The molecule has 1 aromatic heterocycles. The van der Waals surface area contributed by atoms with E-state index in [4.69, 9.17) is 11.6 Å². The molecule has 0 radical (unpaired) electrons. The number of benzene rings is 1. The van der Waals surface area contributed by atoms with Gasteiger partial charge in [0.2, 0.25) is 0 Å². The van der Waals surface area contributed by atoms with Crippen molar-refractivity contribution in [3.8, 4) is 0 Å². The van der Waals surface area contributed by atoms with E-state index in [9.17, 15) is 0 Å². The lowest BCUT2D eigenvalue weighted by molar-refractivity contribution is 0.476. The summed E-state index contributed by atoms with van der Waals surface area (Å²) in [5.74, 6) is 0. The first-order chi connectivity index (χ1) is 10.1. The molecule has 0 fully saturated rings. The Morgan fingerprint density at radius 2 is 1.86 bits per heavy atom. The van der Waals surface area contributed by atoms with Crippen molar-refractivity contribution in [2.24, 2.45) is 0 Å². The Hall–Kier alpha value is -1.32. The van der Waals surface area contributed by atoms with Crippen molar-refractivity contribution >= 4 is 11.6 Å². The molecule has 1 unspecified atom stereocenters. The zero-order chi connectivity index (χ0) is 15.4. The van der Waals surface area contributed by atoms with Crippen LogP contribution in [0.25, 0.3) is 0 Å². The average molecular weight is 306 g/mol. The second kappa shape index (κ2) is 7.10. The fourth-order valence-corrected chi connectivity index (χ4v) is 2.79. The van der Waals surface area contributed by atoms with Gasteiger partial charge in [0, 0.05) is 6.04 Å². The fourth-order valence-electron chi connectivity index (χ4n) is 2.55. The quantitative estimate of drug-likeness (QED) is 0.858. The van der Waals surface area contributed by atoms with Crippen LogP contribution >= 0.6 is 11.6 Å². The third-order valence-electron chi connectivity index (χ3n) is 3.68. The van der Waals surface area contributed by atoms with E-state index in [2.05, 4.69) is 62.4 Å². The van der Waals surface area contributed by atoms with Crippen molar-refractivity contribution in [3.63, 3.8) is 0 Å². The van der Waals surface area contributed by atoms with Crippen molar-refractivity contribution in [1.82, 2.24) is 15.1 Å². The van der Waals surface area contributed by atoms with Crippen molar-refractivity contribution in [1.29, 1.82) is 0 Å². The fraction of sp³-hybridized carbons (Fsp3) is 0.471. The van der Waals surface area contributed by atoms with Crippen LogP contribution in [0.2, 0.25) is 5.02 Å². The van der Waals surface area contributed by atoms with Gasteiger partial charge in [-0.1, -0.05) is 49.7 Å². The molecular formula is C17H24ClN3. The van der Waals surface area contributed by atoms with Gasteiger partial charge in [-0.05, 0) is 37.9 Å². The third kappa shape index (κ3) is 3.47. The lowest BCUT2D eigenvalue weighted by Gasteiger charge is -2.22. The number of hydrogen-bond acceptors (Lipinski definition) is 2. The number of nitrogens with zero attached hydrogens (tertiary/aromatic N) is 2. The SMILES string of the molecule is CCNC(c1ccc(CC)cc1)c1c(Cl)cnn1C(C)C. The molecule has 0 bridgehead atoms. The Bertz CT molecular complexity index is 572. The number of aryl methyl sites for hydroxylation is 1. The number of aromatic nitrogens is 2. The van der Waals surface area contributed by atoms with Gasteiger partial charge in [-0.2, -0.15) is 5.10 Å². The molecule has 1 heterocycles. The summed E-state index contributed by atoms with van der Waals surface area (Å²) in [6.45, 7) is 9.39. The Morgan fingerprint density at radius 3 is 2.38 bits per heavy atom. The molecule has 0 amide bonds. The average Bonchev–Trinajstić information content (AvgIpc) is 2.87. The predicted octanol–water partition coefficient (Wildman–Crippen LogP) is 4.38. The van der Waals surface area contributed by atoms with Crippen LogP contribution in [0, 0.1) is 0 Å². The lowest BCUT2D eigenvalue weighted by atomic mass is 10.0. The Balaban J connectivity index is 2.45. The van der Waals surface area contributed by atoms with E-state index < -0.39 is 0 Å². The van der Waals surface area contributed by atoms with E-state index >= 15 is 0 Å². The summed E-state index contributed by atoms with van der Waals surface area (Å²) in [4.78, 5) is 0. The maximum absolute atomic E-state index is 6.40. The van der Waals surface area contributed by atoms with Crippen LogP contribution in [0.3, 0.4) is 0 Å². The first-order valence-corrected chi connectivity index (χ1v) is 8.01. The monoisotopic (exact) mass is 305 g/mol. The van der Waals surface area contributed by atoms with Gasteiger partial charge in [-0.15, -0.1) is 0 Å². The standard InChI is InChI=1S/C17H24ClN3/c1-5-13-7-9-14(10-8-13)16(19-6-2)17-15(18)11-20-21(17)12(3)4/h7-12,16,19H,5-6H2,1-4H3. The summed E-state index contributed by atoms with van der Waals surface area (Å²) in [6.07, 6.45) is 2.79. The van der Waals surface area contributed by atoms with Crippen LogP contribution < -0.4 is 5.32 Å². The van der Waals surface area contributed by atoms with Gasteiger partial charge in [-0.3, -0.25) is 4.68 Å². The molecule has 1 aromatic carbocycles. The zero-order valence-corrected chi connectivity index (χ0v) is 14.0. The van der Waals surface area contributed by atoms with Gasteiger partial charge in [0.25, 0.3) is 0 Å². The molecule has 0 spiro atoms. The molecule has 0 aliphatic carbocycles. The maximum atomic E-state index is 6.40. The summed E-state index contributed by atoms with van der Waals surface area (Å²) in [6, 6.07) is 9.08. The highest BCUT2D eigenvalue weighted by Gasteiger charge is 2.22. The molecular weight excluding hydrogens is 282 g/mol. The van der Waals surface area contributed by atoms with Gasteiger partial charge < -0.3 is 5.32 Å². The highest BCUT2D eigenvalue weighted by Crippen LogP contribution is 2.30. The molecule has 4 heteroatoms. The Morgan fingerprint density at radius 1 is 1.19 bits per heavy atom. The topological polar surface area (TPSA) is 29.9 Å². The summed E-state index contributed by atoms with van der Waals surface area (Å²) in [7, 11) is 0. The molecule has 114 valence electrons. The van der Waals surface area contributed by atoms with Gasteiger partial charge in [0.15, 0.2) is 0 Å². The summed E-state index contributed by atoms with van der Waals surface area (Å²) >= 11 is 6.40. The van der Waals surface area contributed by atoms with Crippen LogP contribution in [-0.4, -0.2) is 16.3 Å². The first kappa shape index (κ1) is 16.1. The smallest absolute Gasteiger partial charge is 0.0837 e. The van der Waals surface area contributed by atoms with Crippen LogP contribution in [0.4, 0.5) is 0 Å². The van der Waals surface area contributed by atoms with E-state index in [1.165, 1.54) is 11.1 Å². The van der Waals surface area contributed by atoms with Crippen molar-refractivity contribution in [2.45, 2.75) is 46.2 Å². The summed E-state index contributed by atoms with van der Waals surface area (Å²) in [5.41, 5.74) is 3.61. The summed E-state index contributed by atoms with van der Waals surface area (Å²) in [5, 5.41) is 8.67. The molecule has 0 aliphatic heterocycles. The lowest BCUT2D eigenvalue weighted by Crippen LogP contribution is -2.25. The third-order valence-corrected chi connectivity index (χ3v) is 3.97. The van der Waals surface area contributed by atoms with E-state index in [1.54, 1.807) is 6.20 Å². The van der Waals surface area contributed by atoms with Gasteiger partial charge in [-0.25, -0.2) is 0 Å². The molecule has 3 nitrogen and oxygen atoms in total. The maximum Gasteiger partial charge on any atom is 0.0837 e. The zero-order valence-electron chi connectivity index (χ0n) is 13.2. The second-order valence-corrected chi connectivity index (χ2v) is 5.91. The molecule has 0 saturated carbocycles. The highest BCUT2D eigenvalue weighted by atomic mass is 35.5. The minimum Gasteiger partial charge on any atom is -0.305 e. The van der Waals surface area contributed by atoms with E-state index in [0.717, 1.165) is 18.7 Å². The first-order valence-electron chi connectivity index (χ1n) is 7.63. The molecule has 21 heavy (non-hydrogen) atoms. The van der Waals surface area contributed by atoms with Crippen LogP contribution in [-0.2, 0) is 6.42 Å². The van der Waals surface area contributed by atoms with Crippen molar-refractivity contribution < 1.29 is 0 Å². The van der Waals surface area contributed by atoms with Crippen molar-refractivity contribution in [2.75, 3.05) is 6.54 Å². The second-order valence-electron chi connectivity index (χ2n) is 5.50. The van der Waals surface area contributed by atoms with E-state index in [1.807, 2.05) is 4.68 Å². The number of hydrogen-bond donors (Lipinski definition) is 1. The molecule has 1 atom stereocenters. The van der Waals surface area contributed by atoms with Crippen LogP contribution in [0.1, 0.15) is 56.6 Å². The van der Waals surface area contributed by atoms with E-state index in [0.29, 0.717) is 5.02 Å². The van der Waals surface area contributed by atoms with Gasteiger partial charge >= 0.3 is 0 Å². The van der Waals surface area contributed by atoms with Crippen LogP contribution in [0.5, 0.6) is 0 Å². The van der Waals surface area contributed by atoms with Gasteiger partial charge in [0.05, 0.1) is 23.0 Å².